The first kappa shape index (κ1) is 16.9. The largest absolute Gasteiger partial charge is 0.317 e. The molecule has 1 aliphatic heterocycles. The van der Waals surface area contributed by atoms with Gasteiger partial charge in [-0.3, -0.25) is 0 Å². The molecule has 0 saturated carbocycles. The third-order valence-corrected chi connectivity index (χ3v) is 7.11. The van der Waals surface area contributed by atoms with Crippen molar-refractivity contribution in [2.24, 2.45) is 5.92 Å². The summed E-state index contributed by atoms with van der Waals surface area (Å²) in [5.41, 5.74) is 2.57. The quantitative estimate of drug-likeness (QED) is 0.899. The van der Waals surface area contributed by atoms with Crippen molar-refractivity contribution in [2.45, 2.75) is 50.3 Å². The molecule has 1 aromatic rings. The van der Waals surface area contributed by atoms with Gasteiger partial charge in [-0.05, 0) is 80.8 Å². The summed E-state index contributed by atoms with van der Waals surface area (Å²) in [6.45, 7) is 5.39. The highest BCUT2D eigenvalue weighted by atomic mass is 32.2. The Morgan fingerprint density at radius 2 is 1.83 bits per heavy atom. The van der Waals surface area contributed by atoms with E-state index in [4.69, 9.17) is 0 Å². The van der Waals surface area contributed by atoms with Crippen LogP contribution in [0.4, 0.5) is 0 Å². The lowest BCUT2D eigenvalue weighted by atomic mass is 9.92. The number of rotatable bonds is 5. The smallest absolute Gasteiger partial charge is 0.243 e. The van der Waals surface area contributed by atoms with Gasteiger partial charge in [-0.25, -0.2) is 8.42 Å². The summed E-state index contributed by atoms with van der Waals surface area (Å²) in [4.78, 5) is 0.489. The summed E-state index contributed by atoms with van der Waals surface area (Å²) in [5.74, 6) is 0.602. The first-order chi connectivity index (χ1) is 11.1. The Kier molecular flexibility index (Phi) is 5.39. The minimum atomic E-state index is -3.33. The minimum absolute atomic E-state index is 0.489. The second-order valence-electron chi connectivity index (χ2n) is 6.79. The molecular formula is C18H28N2O2S. The first-order valence-electron chi connectivity index (χ1n) is 8.94. The maximum Gasteiger partial charge on any atom is 0.243 e. The van der Waals surface area contributed by atoms with Gasteiger partial charge in [0, 0.05) is 13.1 Å². The molecule has 1 heterocycles. The van der Waals surface area contributed by atoms with Gasteiger partial charge < -0.3 is 5.32 Å². The third-order valence-electron chi connectivity index (χ3n) is 5.21. The number of hydrogen-bond donors (Lipinski definition) is 1. The van der Waals surface area contributed by atoms with E-state index in [0.29, 0.717) is 23.9 Å². The molecule has 0 bridgehead atoms. The van der Waals surface area contributed by atoms with Gasteiger partial charge in [-0.2, -0.15) is 4.31 Å². The molecule has 0 unspecified atom stereocenters. The maximum absolute atomic E-state index is 12.9. The molecule has 128 valence electrons. The van der Waals surface area contributed by atoms with Gasteiger partial charge in [0.1, 0.15) is 0 Å². The molecule has 0 atom stereocenters. The summed E-state index contributed by atoms with van der Waals surface area (Å²) >= 11 is 0. The molecule has 5 heteroatoms. The minimum Gasteiger partial charge on any atom is -0.317 e. The van der Waals surface area contributed by atoms with Crippen LogP contribution in [0.25, 0.3) is 0 Å². The molecule has 1 aliphatic carbocycles. The number of fused-ring (bicyclic) bond motifs is 1. The zero-order valence-corrected chi connectivity index (χ0v) is 14.9. The molecule has 0 amide bonds. The van der Waals surface area contributed by atoms with Crippen LogP contribution in [0.2, 0.25) is 0 Å². The molecule has 0 aromatic heterocycles. The Morgan fingerprint density at radius 3 is 2.52 bits per heavy atom. The van der Waals surface area contributed by atoms with Crippen LogP contribution in [0, 0.1) is 5.92 Å². The van der Waals surface area contributed by atoms with E-state index in [1.54, 1.807) is 4.31 Å². The van der Waals surface area contributed by atoms with E-state index in [-0.39, 0.29) is 0 Å². The maximum atomic E-state index is 12.9. The highest BCUT2D eigenvalue weighted by Gasteiger charge is 2.29. The number of nitrogens with zero attached hydrogens (tertiary/aromatic N) is 1. The Bertz CT molecular complexity index is 634. The number of nitrogens with one attached hydrogen (secondary N) is 1. The van der Waals surface area contributed by atoms with Crippen LogP contribution in [0.15, 0.2) is 23.1 Å². The number of hydrogen-bond acceptors (Lipinski definition) is 3. The first-order valence-corrected chi connectivity index (χ1v) is 10.4. The third kappa shape index (κ3) is 3.78. The fourth-order valence-electron chi connectivity index (χ4n) is 3.72. The topological polar surface area (TPSA) is 49.4 Å². The zero-order chi connectivity index (χ0) is 16.3. The van der Waals surface area contributed by atoms with E-state index in [1.165, 1.54) is 24.0 Å². The van der Waals surface area contributed by atoms with E-state index in [0.717, 1.165) is 38.8 Å². The Balaban J connectivity index is 1.70. The van der Waals surface area contributed by atoms with E-state index in [1.807, 2.05) is 18.2 Å². The summed E-state index contributed by atoms with van der Waals surface area (Å²) < 4.78 is 27.5. The van der Waals surface area contributed by atoms with Gasteiger partial charge >= 0.3 is 0 Å². The van der Waals surface area contributed by atoms with Crippen molar-refractivity contribution in [1.29, 1.82) is 0 Å². The van der Waals surface area contributed by atoms with E-state index in [2.05, 4.69) is 12.2 Å². The van der Waals surface area contributed by atoms with Crippen molar-refractivity contribution in [3.8, 4) is 0 Å². The standard InChI is InChI=1S/C18H28N2O2S/c1-2-19-14-15-9-11-20(12-10-15)23(21,22)18-8-7-16-5-3-4-6-17(16)13-18/h7-8,13,15,19H,2-6,9-12,14H2,1H3. The second-order valence-corrected chi connectivity index (χ2v) is 8.73. The highest BCUT2D eigenvalue weighted by molar-refractivity contribution is 7.89. The molecule has 1 N–H and O–H groups in total. The lowest BCUT2D eigenvalue weighted by Gasteiger charge is -2.31. The number of aryl methyl sites for hydroxylation is 2. The van der Waals surface area contributed by atoms with Crippen molar-refractivity contribution in [3.63, 3.8) is 0 Å². The summed E-state index contributed by atoms with van der Waals surface area (Å²) in [6.07, 6.45) is 6.41. The van der Waals surface area contributed by atoms with Crippen LogP contribution < -0.4 is 5.32 Å². The predicted molar refractivity (Wildman–Crippen MR) is 93.1 cm³/mol. The van der Waals surface area contributed by atoms with Crippen LogP contribution in [-0.2, 0) is 22.9 Å². The van der Waals surface area contributed by atoms with Crippen molar-refractivity contribution >= 4 is 10.0 Å². The van der Waals surface area contributed by atoms with Crippen LogP contribution in [-0.4, -0.2) is 38.9 Å². The van der Waals surface area contributed by atoms with Crippen molar-refractivity contribution in [1.82, 2.24) is 9.62 Å². The highest BCUT2D eigenvalue weighted by Crippen LogP contribution is 2.28. The Hall–Kier alpha value is -0.910. The molecule has 0 radical (unpaired) electrons. The summed E-state index contributed by atoms with van der Waals surface area (Å²) in [6, 6.07) is 5.76. The van der Waals surface area contributed by atoms with Gasteiger partial charge in [0.05, 0.1) is 4.90 Å². The molecule has 23 heavy (non-hydrogen) atoms. The van der Waals surface area contributed by atoms with Crippen LogP contribution >= 0.6 is 0 Å². The van der Waals surface area contributed by atoms with Gasteiger partial charge in [0.15, 0.2) is 0 Å². The summed E-state index contributed by atoms with van der Waals surface area (Å²) in [5, 5.41) is 3.37. The van der Waals surface area contributed by atoms with Gasteiger partial charge in [-0.15, -0.1) is 0 Å². The van der Waals surface area contributed by atoms with Crippen molar-refractivity contribution in [3.05, 3.63) is 29.3 Å². The van der Waals surface area contributed by atoms with Gasteiger partial charge in [0.25, 0.3) is 0 Å². The molecule has 2 aliphatic rings. The predicted octanol–water partition coefficient (Wildman–Crippen LogP) is 2.58. The van der Waals surface area contributed by atoms with Crippen LogP contribution in [0.1, 0.15) is 43.7 Å². The SMILES string of the molecule is CCNCC1CCN(S(=O)(=O)c2ccc3c(c2)CCCC3)CC1. The fourth-order valence-corrected chi connectivity index (χ4v) is 5.24. The average molecular weight is 337 g/mol. The van der Waals surface area contributed by atoms with Crippen LogP contribution in [0.3, 0.4) is 0 Å². The van der Waals surface area contributed by atoms with E-state index < -0.39 is 10.0 Å². The molecule has 3 rings (SSSR count). The lowest BCUT2D eigenvalue weighted by Crippen LogP contribution is -2.40. The fraction of sp³-hybridized carbons (Fsp3) is 0.667. The molecule has 1 saturated heterocycles. The van der Waals surface area contributed by atoms with Gasteiger partial charge in [0.2, 0.25) is 10.0 Å². The Morgan fingerprint density at radius 1 is 1.13 bits per heavy atom. The number of piperidine rings is 1. The molecular weight excluding hydrogens is 308 g/mol. The van der Waals surface area contributed by atoms with Crippen LogP contribution in [0.5, 0.6) is 0 Å². The normalized spacial score (nSPS) is 20.4. The molecule has 0 spiro atoms. The average Bonchev–Trinajstić information content (AvgIpc) is 2.60. The monoisotopic (exact) mass is 336 g/mol. The lowest BCUT2D eigenvalue weighted by molar-refractivity contribution is 0.268. The number of benzene rings is 1. The van der Waals surface area contributed by atoms with Crippen molar-refractivity contribution < 1.29 is 8.42 Å². The van der Waals surface area contributed by atoms with Gasteiger partial charge in [-0.1, -0.05) is 13.0 Å². The second kappa shape index (κ2) is 7.32. The zero-order valence-electron chi connectivity index (χ0n) is 14.1. The molecule has 1 fully saturated rings. The van der Waals surface area contributed by atoms with E-state index in [9.17, 15) is 8.42 Å². The number of sulfonamides is 1. The molecule has 4 nitrogen and oxygen atoms in total. The Labute approximate surface area is 140 Å². The summed E-state index contributed by atoms with van der Waals surface area (Å²) in [7, 11) is -3.33. The molecule has 1 aromatic carbocycles. The van der Waals surface area contributed by atoms with Crippen molar-refractivity contribution in [2.75, 3.05) is 26.2 Å². The van der Waals surface area contributed by atoms with E-state index >= 15 is 0 Å².